The first-order chi connectivity index (χ1) is 8.80. The van der Waals surface area contributed by atoms with Gasteiger partial charge in [-0.2, -0.15) is 13.2 Å². The number of carboxylic acid groups (broad SMARTS) is 1. The average Bonchev–Trinajstić information content (AvgIpc) is 2.76. The monoisotopic (exact) mass is 277 g/mol. The molecule has 1 heterocycles. The second-order valence-electron chi connectivity index (χ2n) is 4.39. The fourth-order valence-electron chi connectivity index (χ4n) is 2.40. The zero-order valence-corrected chi connectivity index (χ0v) is 9.67. The fourth-order valence-corrected chi connectivity index (χ4v) is 2.40. The van der Waals surface area contributed by atoms with E-state index in [1.54, 1.807) is 0 Å². The smallest absolute Gasteiger partial charge is 0.416 e. The summed E-state index contributed by atoms with van der Waals surface area (Å²) in [7, 11) is 0. The lowest BCUT2D eigenvalue weighted by molar-refractivity contribution is -0.141. The standard InChI is InChI=1S/C12H11F4NO2/c13-6-1-2-7(9(5-6)12(14,15)16)8-3-4-17-10(8)11(18)19/h1-2,5,8,10,17H,3-4H2,(H,18,19). The molecule has 0 aliphatic carbocycles. The molecule has 1 aromatic rings. The normalized spacial score (nSPS) is 23.6. The van der Waals surface area contributed by atoms with Crippen molar-refractivity contribution in [3.05, 3.63) is 35.1 Å². The van der Waals surface area contributed by atoms with Crippen molar-refractivity contribution in [1.82, 2.24) is 5.32 Å². The molecule has 1 aromatic carbocycles. The first-order valence-electron chi connectivity index (χ1n) is 5.63. The van der Waals surface area contributed by atoms with Crippen LogP contribution in [0.4, 0.5) is 17.6 Å². The number of hydrogen-bond acceptors (Lipinski definition) is 2. The molecule has 0 saturated carbocycles. The lowest BCUT2D eigenvalue weighted by atomic mass is 9.88. The van der Waals surface area contributed by atoms with Crippen LogP contribution in [0.1, 0.15) is 23.5 Å². The van der Waals surface area contributed by atoms with Crippen molar-refractivity contribution in [2.24, 2.45) is 0 Å². The van der Waals surface area contributed by atoms with E-state index in [1.807, 2.05) is 0 Å². The van der Waals surface area contributed by atoms with E-state index in [9.17, 15) is 22.4 Å². The van der Waals surface area contributed by atoms with Crippen molar-refractivity contribution in [3.63, 3.8) is 0 Å². The number of aliphatic carboxylic acids is 1. The molecule has 2 rings (SSSR count). The van der Waals surface area contributed by atoms with Gasteiger partial charge in [-0.3, -0.25) is 4.79 Å². The molecule has 19 heavy (non-hydrogen) atoms. The van der Waals surface area contributed by atoms with E-state index in [-0.39, 0.29) is 12.0 Å². The summed E-state index contributed by atoms with van der Waals surface area (Å²) in [5.41, 5.74) is -1.28. The maximum Gasteiger partial charge on any atom is 0.416 e. The van der Waals surface area contributed by atoms with Gasteiger partial charge in [0, 0.05) is 5.92 Å². The highest BCUT2D eigenvalue weighted by atomic mass is 19.4. The molecule has 3 nitrogen and oxygen atoms in total. The van der Waals surface area contributed by atoms with E-state index in [1.165, 1.54) is 0 Å². The third-order valence-corrected chi connectivity index (χ3v) is 3.21. The van der Waals surface area contributed by atoms with Gasteiger partial charge in [0.05, 0.1) is 5.56 Å². The number of alkyl halides is 3. The summed E-state index contributed by atoms with van der Waals surface area (Å²) >= 11 is 0. The van der Waals surface area contributed by atoms with E-state index in [4.69, 9.17) is 5.11 Å². The highest BCUT2D eigenvalue weighted by Gasteiger charge is 2.41. The second kappa shape index (κ2) is 4.80. The van der Waals surface area contributed by atoms with Crippen LogP contribution in [0, 0.1) is 5.82 Å². The van der Waals surface area contributed by atoms with Crippen molar-refractivity contribution in [2.75, 3.05) is 6.54 Å². The summed E-state index contributed by atoms with van der Waals surface area (Å²) in [4.78, 5) is 11.0. The summed E-state index contributed by atoms with van der Waals surface area (Å²) in [6.45, 7) is 0.316. The van der Waals surface area contributed by atoms with Gasteiger partial charge < -0.3 is 10.4 Å². The summed E-state index contributed by atoms with van der Waals surface area (Å²) < 4.78 is 51.6. The van der Waals surface area contributed by atoms with Gasteiger partial charge in [0.2, 0.25) is 0 Å². The van der Waals surface area contributed by atoms with Gasteiger partial charge in [0.1, 0.15) is 11.9 Å². The van der Waals surface area contributed by atoms with Crippen LogP contribution < -0.4 is 5.32 Å². The average molecular weight is 277 g/mol. The lowest BCUT2D eigenvalue weighted by Gasteiger charge is -2.20. The van der Waals surface area contributed by atoms with E-state index >= 15 is 0 Å². The minimum Gasteiger partial charge on any atom is -0.480 e. The molecule has 0 aromatic heterocycles. The molecular formula is C12H11F4NO2. The van der Waals surface area contributed by atoms with E-state index < -0.39 is 35.5 Å². The number of benzene rings is 1. The summed E-state index contributed by atoms with van der Waals surface area (Å²) in [5, 5.41) is 11.6. The molecule has 2 atom stereocenters. The second-order valence-corrected chi connectivity index (χ2v) is 4.39. The molecule has 1 fully saturated rings. The Morgan fingerprint density at radius 1 is 1.37 bits per heavy atom. The van der Waals surface area contributed by atoms with E-state index in [2.05, 4.69) is 5.32 Å². The van der Waals surface area contributed by atoms with Gasteiger partial charge in [-0.05, 0) is 30.7 Å². The molecule has 2 unspecified atom stereocenters. The summed E-state index contributed by atoms with van der Waals surface area (Å²) in [6.07, 6.45) is -4.44. The number of nitrogens with one attached hydrogen (secondary N) is 1. The predicted molar refractivity (Wildman–Crippen MR) is 58.2 cm³/mol. The Morgan fingerprint density at radius 2 is 2.05 bits per heavy atom. The highest BCUT2D eigenvalue weighted by molar-refractivity contribution is 5.75. The van der Waals surface area contributed by atoms with E-state index in [0.29, 0.717) is 12.6 Å². The van der Waals surface area contributed by atoms with Crippen LogP contribution in [0.5, 0.6) is 0 Å². The fraction of sp³-hybridized carbons (Fsp3) is 0.417. The van der Waals surface area contributed by atoms with Crippen molar-refractivity contribution in [2.45, 2.75) is 24.6 Å². The zero-order chi connectivity index (χ0) is 14.2. The minimum atomic E-state index is -4.71. The Kier molecular flexibility index (Phi) is 3.49. The van der Waals surface area contributed by atoms with Crippen molar-refractivity contribution >= 4 is 5.97 Å². The Labute approximate surface area is 106 Å². The van der Waals surface area contributed by atoms with Gasteiger partial charge in [-0.15, -0.1) is 0 Å². The van der Waals surface area contributed by atoms with Crippen LogP contribution >= 0.6 is 0 Å². The molecule has 0 bridgehead atoms. The Hall–Kier alpha value is -1.63. The van der Waals surface area contributed by atoms with Crippen molar-refractivity contribution in [1.29, 1.82) is 0 Å². The maximum absolute atomic E-state index is 13.0. The molecule has 2 N–H and O–H groups in total. The SMILES string of the molecule is O=C(O)C1NCCC1c1ccc(F)cc1C(F)(F)F. The van der Waals surface area contributed by atoms with Gasteiger partial charge in [0.15, 0.2) is 0 Å². The Balaban J connectivity index is 2.47. The molecular weight excluding hydrogens is 266 g/mol. The molecule has 0 spiro atoms. The molecule has 1 saturated heterocycles. The predicted octanol–water partition coefficient (Wildman–Crippen LogP) is 2.37. The van der Waals surface area contributed by atoms with Crippen LogP contribution in [-0.4, -0.2) is 23.7 Å². The topological polar surface area (TPSA) is 49.3 Å². The highest BCUT2D eigenvalue weighted by Crippen LogP contribution is 2.39. The summed E-state index contributed by atoms with van der Waals surface area (Å²) in [5.74, 6) is -3.01. The molecule has 1 aliphatic heterocycles. The van der Waals surface area contributed by atoms with Crippen LogP contribution in [-0.2, 0) is 11.0 Å². The van der Waals surface area contributed by atoms with Crippen LogP contribution in [0.2, 0.25) is 0 Å². The Morgan fingerprint density at radius 3 is 2.63 bits per heavy atom. The number of halogens is 4. The van der Waals surface area contributed by atoms with Gasteiger partial charge in [-0.1, -0.05) is 6.07 Å². The largest absolute Gasteiger partial charge is 0.480 e. The quantitative estimate of drug-likeness (QED) is 0.816. The number of rotatable bonds is 2. The number of carboxylic acids is 1. The zero-order valence-electron chi connectivity index (χ0n) is 9.67. The van der Waals surface area contributed by atoms with Crippen LogP contribution in [0.3, 0.4) is 0 Å². The van der Waals surface area contributed by atoms with Gasteiger partial charge >= 0.3 is 12.1 Å². The molecule has 0 amide bonds. The Bertz CT molecular complexity index is 501. The van der Waals surface area contributed by atoms with Gasteiger partial charge in [-0.25, -0.2) is 4.39 Å². The van der Waals surface area contributed by atoms with E-state index in [0.717, 1.165) is 12.1 Å². The maximum atomic E-state index is 13.0. The number of carbonyl (C=O) groups is 1. The number of hydrogen-bond donors (Lipinski definition) is 2. The molecule has 1 aliphatic rings. The first kappa shape index (κ1) is 13.8. The summed E-state index contributed by atoms with van der Waals surface area (Å²) in [6, 6.07) is 1.27. The molecule has 104 valence electrons. The third kappa shape index (κ3) is 2.70. The molecule has 7 heteroatoms. The van der Waals surface area contributed by atoms with Gasteiger partial charge in [0.25, 0.3) is 0 Å². The molecule has 0 radical (unpaired) electrons. The van der Waals surface area contributed by atoms with Crippen LogP contribution in [0.15, 0.2) is 18.2 Å². The van der Waals surface area contributed by atoms with Crippen molar-refractivity contribution in [3.8, 4) is 0 Å². The minimum absolute atomic E-state index is 0.175. The third-order valence-electron chi connectivity index (χ3n) is 3.21. The van der Waals surface area contributed by atoms with Crippen molar-refractivity contribution < 1.29 is 27.5 Å². The first-order valence-corrected chi connectivity index (χ1v) is 5.63. The van der Waals surface area contributed by atoms with Crippen LogP contribution in [0.25, 0.3) is 0 Å². The lowest BCUT2D eigenvalue weighted by Crippen LogP contribution is -2.35.